The number of piperidine rings is 1. The van der Waals surface area contributed by atoms with Crippen LogP contribution in [0.2, 0.25) is 0 Å². The van der Waals surface area contributed by atoms with Gasteiger partial charge in [-0.15, -0.1) is 0 Å². The number of carbonyl (C=O) groups excluding carboxylic acids is 1. The van der Waals surface area contributed by atoms with Crippen molar-refractivity contribution < 1.29 is 14.3 Å². The molecule has 2 aromatic carbocycles. The van der Waals surface area contributed by atoms with Crippen molar-refractivity contribution in [2.45, 2.75) is 25.5 Å². The molecular formula is C22H28N2O3. The molecule has 5 nitrogen and oxygen atoms in total. The number of carbonyl (C=O) groups is 1. The third-order valence-corrected chi connectivity index (χ3v) is 4.80. The van der Waals surface area contributed by atoms with Crippen LogP contribution in [-0.2, 0) is 16.1 Å². The average Bonchev–Trinajstić information content (AvgIpc) is 2.74. The molecule has 1 heterocycles. The van der Waals surface area contributed by atoms with Crippen LogP contribution in [0.4, 0.5) is 4.79 Å². The summed E-state index contributed by atoms with van der Waals surface area (Å²) in [6, 6.07) is 19.3. The van der Waals surface area contributed by atoms with Crippen LogP contribution in [0.1, 0.15) is 30.0 Å². The second-order valence-electron chi connectivity index (χ2n) is 6.90. The number of hydrogen-bond donors (Lipinski definition) is 2. The van der Waals surface area contributed by atoms with Gasteiger partial charge in [0.25, 0.3) is 0 Å². The van der Waals surface area contributed by atoms with E-state index < -0.39 is 6.09 Å². The molecule has 1 aliphatic rings. The highest BCUT2D eigenvalue weighted by Gasteiger charge is 2.18. The summed E-state index contributed by atoms with van der Waals surface area (Å²) in [5.41, 5.74) is 1.98. The van der Waals surface area contributed by atoms with Gasteiger partial charge in [0.1, 0.15) is 6.61 Å². The summed E-state index contributed by atoms with van der Waals surface area (Å²) in [6.07, 6.45) is 1.85. The Balaban J connectivity index is 1.50. The Hall–Kier alpha value is -2.37. The molecule has 2 N–H and O–H groups in total. The predicted molar refractivity (Wildman–Crippen MR) is 105 cm³/mol. The van der Waals surface area contributed by atoms with Crippen molar-refractivity contribution in [3.8, 4) is 0 Å². The minimum absolute atomic E-state index is 0.226. The molecule has 1 atom stereocenters. The Kier molecular flexibility index (Phi) is 7.69. The second kappa shape index (κ2) is 10.7. The molecule has 144 valence electrons. The molecule has 2 aromatic rings. The van der Waals surface area contributed by atoms with E-state index in [9.17, 15) is 4.79 Å². The summed E-state index contributed by atoms with van der Waals surface area (Å²) >= 11 is 0. The summed E-state index contributed by atoms with van der Waals surface area (Å²) in [4.78, 5) is 12.3. The van der Waals surface area contributed by atoms with Gasteiger partial charge < -0.3 is 20.1 Å². The molecule has 1 amide bonds. The third kappa shape index (κ3) is 6.70. The summed E-state index contributed by atoms with van der Waals surface area (Å²) < 4.78 is 11.3. The molecule has 3 rings (SSSR count). The van der Waals surface area contributed by atoms with Gasteiger partial charge in [-0.05, 0) is 43.0 Å². The number of hydrogen-bond acceptors (Lipinski definition) is 4. The first-order valence-corrected chi connectivity index (χ1v) is 9.62. The number of rotatable bonds is 8. The minimum atomic E-state index is -0.432. The number of alkyl carbamates (subject to hydrolysis) is 1. The van der Waals surface area contributed by atoms with Gasteiger partial charge in [0, 0.05) is 6.61 Å². The van der Waals surface area contributed by atoms with Crippen molar-refractivity contribution >= 4 is 6.09 Å². The molecule has 5 heteroatoms. The number of amides is 1. The van der Waals surface area contributed by atoms with Gasteiger partial charge >= 0.3 is 6.09 Å². The van der Waals surface area contributed by atoms with Gasteiger partial charge in [-0.25, -0.2) is 4.79 Å². The van der Waals surface area contributed by atoms with Crippen LogP contribution in [0.15, 0.2) is 60.7 Å². The first-order chi connectivity index (χ1) is 13.3. The Morgan fingerprint density at radius 2 is 1.70 bits per heavy atom. The molecule has 0 spiro atoms. The minimum Gasteiger partial charge on any atom is -0.445 e. The van der Waals surface area contributed by atoms with Gasteiger partial charge in [0.05, 0.1) is 12.6 Å². The fourth-order valence-electron chi connectivity index (χ4n) is 3.21. The Labute approximate surface area is 161 Å². The lowest BCUT2D eigenvalue weighted by Crippen LogP contribution is -2.34. The Morgan fingerprint density at radius 1 is 1.04 bits per heavy atom. The van der Waals surface area contributed by atoms with Gasteiger partial charge in [0.15, 0.2) is 0 Å². The molecule has 0 radical (unpaired) electrons. The Bertz CT molecular complexity index is 672. The highest BCUT2D eigenvalue weighted by molar-refractivity contribution is 5.68. The number of nitrogens with one attached hydrogen (secondary N) is 2. The van der Waals surface area contributed by atoms with E-state index in [0.717, 1.165) is 43.7 Å². The number of benzene rings is 2. The zero-order valence-corrected chi connectivity index (χ0v) is 15.6. The lowest BCUT2D eigenvalue weighted by molar-refractivity contribution is 0.0673. The van der Waals surface area contributed by atoms with Crippen molar-refractivity contribution in [3.05, 3.63) is 71.8 Å². The van der Waals surface area contributed by atoms with Crippen LogP contribution >= 0.6 is 0 Å². The predicted octanol–water partition coefficient (Wildman–Crippen LogP) is 3.67. The van der Waals surface area contributed by atoms with E-state index in [1.165, 1.54) is 0 Å². The number of ether oxygens (including phenoxy) is 2. The van der Waals surface area contributed by atoms with E-state index in [1.54, 1.807) is 0 Å². The quantitative estimate of drug-likeness (QED) is 0.746. The molecular weight excluding hydrogens is 340 g/mol. The van der Waals surface area contributed by atoms with Gasteiger partial charge in [-0.1, -0.05) is 60.7 Å². The molecule has 1 fully saturated rings. The zero-order valence-electron chi connectivity index (χ0n) is 15.6. The van der Waals surface area contributed by atoms with Crippen LogP contribution < -0.4 is 10.6 Å². The van der Waals surface area contributed by atoms with Crippen LogP contribution in [0, 0.1) is 5.92 Å². The van der Waals surface area contributed by atoms with Crippen molar-refractivity contribution in [2.24, 2.45) is 5.92 Å². The van der Waals surface area contributed by atoms with Crippen molar-refractivity contribution in [1.82, 2.24) is 10.6 Å². The highest BCUT2D eigenvalue weighted by atomic mass is 16.5. The molecule has 0 bridgehead atoms. The highest BCUT2D eigenvalue weighted by Crippen LogP contribution is 2.16. The zero-order chi connectivity index (χ0) is 18.7. The molecule has 1 aliphatic heterocycles. The fraction of sp³-hybridized carbons (Fsp3) is 0.409. The fourth-order valence-corrected chi connectivity index (χ4v) is 3.21. The standard InChI is InChI=1S/C22H28N2O3/c25-22(27-16-18-7-3-1-4-8-18)24-21(20-9-5-2-6-10-20)17-26-15-19-11-13-23-14-12-19/h1-10,19,21,23H,11-17H2,(H,24,25)/t21-/m0/s1. The third-order valence-electron chi connectivity index (χ3n) is 4.80. The van der Waals surface area contributed by atoms with E-state index >= 15 is 0 Å². The SMILES string of the molecule is O=C(N[C@@H](COCC1CCNCC1)c1ccccc1)OCc1ccccc1. The van der Waals surface area contributed by atoms with Gasteiger partial charge in [-0.3, -0.25) is 0 Å². The van der Waals surface area contributed by atoms with Gasteiger partial charge in [0.2, 0.25) is 0 Å². The van der Waals surface area contributed by atoms with E-state index in [1.807, 2.05) is 60.7 Å². The first kappa shape index (κ1) is 19.4. The molecule has 0 aromatic heterocycles. The summed E-state index contributed by atoms with van der Waals surface area (Å²) in [5, 5.41) is 6.31. The molecule has 0 saturated carbocycles. The topological polar surface area (TPSA) is 59.6 Å². The van der Waals surface area contributed by atoms with E-state index in [2.05, 4.69) is 10.6 Å². The van der Waals surface area contributed by atoms with Gasteiger partial charge in [-0.2, -0.15) is 0 Å². The van der Waals surface area contributed by atoms with E-state index in [0.29, 0.717) is 12.5 Å². The smallest absolute Gasteiger partial charge is 0.408 e. The Morgan fingerprint density at radius 3 is 2.41 bits per heavy atom. The largest absolute Gasteiger partial charge is 0.445 e. The maximum atomic E-state index is 12.3. The maximum Gasteiger partial charge on any atom is 0.408 e. The second-order valence-corrected chi connectivity index (χ2v) is 6.90. The average molecular weight is 368 g/mol. The van der Waals surface area contributed by atoms with E-state index in [-0.39, 0.29) is 12.6 Å². The van der Waals surface area contributed by atoms with Crippen LogP contribution in [0.25, 0.3) is 0 Å². The van der Waals surface area contributed by atoms with E-state index in [4.69, 9.17) is 9.47 Å². The monoisotopic (exact) mass is 368 g/mol. The molecule has 0 aliphatic carbocycles. The molecule has 27 heavy (non-hydrogen) atoms. The van der Waals surface area contributed by atoms with Crippen LogP contribution in [0.3, 0.4) is 0 Å². The molecule has 1 saturated heterocycles. The van der Waals surface area contributed by atoms with Crippen LogP contribution in [-0.4, -0.2) is 32.4 Å². The van der Waals surface area contributed by atoms with Crippen molar-refractivity contribution in [3.63, 3.8) is 0 Å². The lowest BCUT2D eigenvalue weighted by atomic mass is 9.99. The van der Waals surface area contributed by atoms with Crippen molar-refractivity contribution in [1.29, 1.82) is 0 Å². The molecule has 0 unspecified atom stereocenters. The summed E-state index contributed by atoms with van der Waals surface area (Å²) in [6.45, 7) is 3.53. The normalized spacial score (nSPS) is 15.9. The summed E-state index contributed by atoms with van der Waals surface area (Å²) in [7, 11) is 0. The summed E-state index contributed by atoms with van der Waals surface area (Å²) in [5.74, 6) is 0.590. The first-order valence-electron chi connectivity index (χ1n) is 9.62. The van der Waals surface area contributed by atoms with Crippen LogP contribution in [0.5, 0.6) is 0 Å². The maximum absolute atomic E-state index is 12.3. The lowest BCUT2D eigenvalue weighted by Gasteiger charge is -2.24. The van der Waals surface area contributed by atoms with Crippen molar-refractivity contribution in [2.75, 3.05) is 26.3 Å².